The quantitative estimate of drug-likeness (QED) is 0.856. The van der Waals surface area contributed by atoms with Gasteiger partial charge in [-0.2, -0.15) is 0 Å². The number of morpholine rings is 1. The summed E-state index contributed by atoms with van der Waals surface area (Å²) in [7, 11) is 0. The minimum absolute atomic E-state index is 0.770. The molecule has 1 aliphatic heterocycles. The van der Waals surface area contributed by atoms with Gasteiger partial charge < -0.3 is 15.4 Å². The van der Waals surface area contributed by atoms with Crippen LogP contribution in [-0.2, 0) is 4.74 Å². The van der Waals surface area contributed by atoms with Crippen LogP contribution in [0.4, 0.5) is 11.4 Å². The monoisotopic (exact) mass is 275 g/mol. The lowest BCUT2D eigenvalue weighted by molar-refractivity contribution is 0.123. The average molecular weight is 275 g/mol. The number of rotatable bonds is 2. The molecule has 100 valence electrons. The Kier molecular flexibility index (Phi) is 3.40. The molecule has 0 radical (unpaired) electrons. The van der Waals surface area contributed by atoms with E-state index in [1.165, 1.54) is 0 Å². The second kappa shape index (κ2) is 5.19. The summed E-state index contributed by atoms with van der Waals surface area (Å²) in [5, 5.41) is 3.14. The number of thiazole rings is 1. The molecule has 1 aromatic heterocycles. The maximum Gasteiger partial charge on any atom is 0.0901 e. The maximum absolute atomic E-state index is 6.19. The number of aryl methyl sites for hydroxylation is 1. The number of ether oxygens (including phenoxy) is 1. The Morgan fingerprint density at radius 1 is 1.32 bits per heavy atom. The number of benzene rings is 1. The summed E-state index contributed by atoms with van der Waals surface area (Å²) < 4.78 is 5.37. The second-order valence-corrected chi connectivity index (χ2v) is 5.69. The van der Waals surface area contributed by atoms with Crippen molar-refractivity contribution < 1.29 is 4.74 Å². The van der Waals surface area contributed by atoms with Crippen molar-refractivity contribution >= 4 is 22.7 Å². The van der Waals surface area contributed by atoms with Crippen molar-refractivity contribution in [3.8, 4) is 11.3 Å². The van der Waals surface area contributed by atoms with Crippen molar-refractivity contribution in [2.75, 3.05) is 36.9 Å². The first-order chi connectivity index (χ1) is 9.24. The van der Waals surface area contributed by atoms with E-state index in [-0.39, 0.29) is 0 Å². The van der Waals surface area contributed by atoms with Crippen LogP contribution >= 0.6 is 11.3 Å². The molecule has 0 spiro atoms. The van der Waals surface area contributed by atoms with Crippen molar-refractivity contribution in [3.63, 3.8) is 0 Å². The van der Waals surface area contributed by atoms with E-state index in [1.54, 1.807) is 11.3 Å². The molecule has 1 saturated heterocycles. The van der Waals surface area contributed by atoms with Crippen molar-refractivity contribution in [3.05, 3.63) is 28.6 Å². The lowest BCUT2D eigenvalue weighted by Crippen LogP contribution is -2.36. The predicted molar refractivity (Wildman–Crippen MR) is 79.7 cm³/mol. The summed E-state index contributed by atoms with van der Waals surface area (Å²) in [5.74, 6) is 0. The first kappa shape index (κ1) is 12.4. The molecule has 0 atom stereocenters. The highest BCUT2D eigenvalue weighted by atomic mass is 32.1. The van der Waals surface area contributed by atoms with E-state index in [4.69, 9.17) is 10.5 Å². The van der Waals surface area contributed by atoms with Gasteiger partial charge in [-0.05, 0) is 19.1 Å². The topological polar surface area (TPSA) is 51.4 Å². The van der Waals surface area contributed by atoms with Crippen LogP contribution in [-0.4, -0.2) is 31.3 Å². The van der Waals surface area contributed by atoms with E-state index in [9.17, 15) is 0 Å². The van der Waals surface area contributed by atoms with Gasteiger partial charge in [0.1, 0.15) is 0 Å². The average Bonchev–Trinajstić information content (AvgIpc) is 2.86. The highest BCUT2D eigenvalue weighted by molar-refractivity contribution is 7.09. The van der Waals surface area contributed by atoms with Crippen LogP contribution in [0.3, 0.4) is 0 Å². The van der Waals surface area contributed by atoms with E-state index >= 15 is 0 Å². The van der Waals surface area contributed by atoms with Crippen molar-refractivity contribution in [1.82, 2.24) is 4.98 Å². The number of nitrogens with zero attached hydrogens (tertiary/aromatic N) is 2. The smallest absolute Gasteiger partial charge is 0.0901 e. The number of nitrogens with two attached hydrogens (primary N) is 1. The second-order valence-electron chi connectivity index (χ2n) is 4.62. The van der Waals surface area contributed by atoms with Crippen LogP contribution in [0.25, 0.3) is 11.3 Å². The third-order valence-electron chi connectivity index (χ3n) is 3.29. The zero-order valence-corrected chi connectivity index (χ0v) is 11.7. The SMILES string of the molecule is Cc1nc(-c2ccc(N3CCOCC3)c(N)c2)cs1. The molecule has 1 aromatic carbocycles. The van der Waals surface area contributed by atoms with Gasteiger partial charge in [0.2, 0.25) is 0 Å². The van der Waals surface area contributed by atoms with Crippen molar-refractivity contribution in [2.24, 2.45) is 0 Å². The first-order valence-electron chi connectivity index (χ1n) is 6.39. The minimum Gasteiger partial charge on any atom is -0.397 e. The zero-order valence-electron chi connectivity index (χ0n) is 10.9. The van der Waals surface area contributed by atoms with E-state index < -0.39 is 0 Å². The Morgan fingerprint density at radius 3 is 2.74 bits per heavy atom. The van der Waals surface area contributed by atoms with Crippen molar-refractivity contribution in [1.29, 1.82) is 0 Å². The molecule has 2 N–H and O–H groups in total. The molecule has 2 aromatic rings. The van der Waals surface area contributed by atoms with Crippen LogP contribution in [0.1, 0.15) is 5.01 Å². The molecule has 0 amide bonds. The summed E-state index contributed by atoms with van der Waals surface area (Å²) in [6, 6.07) is 6.19. The third-order valence-corrected chi connectivity index (χ3v) is 4.07. The van der Waals surface area contributed by atoms with E-state index in [1.807, 2.05) is 13.0 Å². The van der Waals surface area contributed by atoms with E-state index in [0.29, 0.717) is 0 Å². The zero-order chi connectivity index (χ0) is 13.2. The Hall–Kier alpha value is -1.59. The Labute approximate surface area is 116 Å². The van der Waals surface area contributed by atoms with Gasteiger partial charge in [-0.1, -0.05) is 6.07 Å². The van der Waals surface area contributed by atoms with Gasteiger partial charge in [0.05, 0.1) is 35.3 Å². The number of hydrogen-bond acceptors (Lipinski definition) is 5. The van der Waals surface area contributed by atoms with Crippen LogP contribution < -0.4 is 10.6 Å². The van der Waals surface area contributed by atoms with Gasteiger partial charge in [-0.3, -0.25) is 0 Å². The van der Waals surface area contributed by atoms with Crippen LogP contribution in [0.2, 0.25) is 0 Å². The standard InChI is InChI=1S/C14H17N3OS/c1-10-16-13(9-19-10)11-2-3-14(12(15)8-11)17-4-6-18-7-5-17/h2-3,8-9H,4-7,15H2,1H3. The summed E-state index contributed by atoms with van der Waals surface area (Å²) in [5.41, 5.74) is 10.2. The minimum atomic E-state index is 0.770. The van der Waals surface area contributed by atoms with Crippen LogP contribution in [0, 0.1) is 6.92 Å². The van der Waals surface area contributed by atoms with Crippen molar-refractivity contribution in [2.45, 2.75) is 6.92 Å². The number of nitrogen functional groups attached to an aromatic ring is 1. The first-order valence-corrected chi connectivity index (χ1v) is 7.27. The van der Waals surface area contributed by atoms with Gasteiger partial charge in [-0.25, -0.2) is 4.98 Å². The highest BCUT2D eigenvalue weighted by Gasteiger charge is 2.14. The highest BCUT2D eigenvalue weighted by Crippen LogP contribution is 2.30. The maximum atomic E-state index is 6.19. The molecule has 2 heterocycles. The molecule has 4 nitrogen and oxygen atoms in total. The van der Waals surface area contributed by atoms with Gasteiger partial charge in [-0.15, -0.1) is 11.3 Å². The fraction of sp³-hybridized carbons (Fsp3) is 0.357. The molecule has 0 bridgehead atoms. The third kappa shape index (κ3) is 2.57. The number of aromatic nitrogens is 1. The summed E-state index contributed by atoms with van der Waals surface area (Å²) in [6.45, 7) is 5.36. The Morgan fingerprint density at radius 2 is 2.11 bits per heavy atom. The van der Waals surface area contributed by atoms with Gasteiger partial charge in [0.25, 0.3) is 0 Å². The molecule has 5 heteroatoms. The molecule has 0 aliphatic carbocycles. The van der Waals surface area contributed by atoms with E-state index in [0.717, 1.165) is 53.9 Å². The molecule has 1 aliphatic rings. The summed E-state index contributed by atoms with van der Waals surface area (Å²) in [6.07, 6.45) is 0. The molecular formula is C14H17N3OS. The normalized spacial score (nSPS) is 15.7. The van der Waals surface area contributed by atoms with Gasteiger partial charge >= 0.3 is 0 Å². The summed E-state index contributed by atoms with van der Waals surface area (Å²) in [4.78, 5) is 6.77. The lowest BCUT2D eigenvalue weighted by atomic mass is 10.1. The van der Waals surface area contributed by atoms with Crippen LogP contribution in [0.15, 0.2) is 23.6 Å². The largest absolute Gasteiger partial charge is 0.397 e. The fourth-order valence-electron chi connectivity index (χ4n) is 2.30. The van der Waals surface area contributed by atoms with Crippen LogP contribution in [0.5, 0.6) is 0 Å². The molecule has 19 heavy (non-hydrogen) atoms. The van der Waals surface area contributed by atoms with E-state index in [2.05, 4.69) is 27.4 Å². The molecular weight excluding hydrogens is 258 g/mol. The fourth-order valence-corrected chi connectivity index (χ4v) is 2.92. The molecule has 1 fully saturated rings. The molecule has 3 rings (SSSR count). The molecule has 0 unspecified atom stereocenters. The van der Waals surface area contributed by atoms with Gasteiger partial charge in [0, 0.05) is 24.0 Å². The summed E-state index contributed by atoms with van der Waals surface area (Å²) >= 11 is 1.66. The Bertz CT molecular complexity index is 576. The van der Waals surface area contributed by atoms with Gasteiger partial charge in [0.15, 0.2) is 0 Å². The lowest BCUT2D eigenvalue weighted by Gasteiger charge is -2.30. The Balaban J connectivity index is 1.89. The molecule has 0 saturated carbocycles. The predicted octanol–water partition coefficient (Wildman–Crippen LogP) is 2.54. The number of hydrogen-bond donors (Lipinski definition) is 1. The number of anilines is 2.